The number of hydrogen-bond donors (Lipinski definition) is 2. The molecular weight excluding hydrogens is 368 g/mol. The maximum atomic E-state index is 12.6. The van der Waals surface area contributed by atoms with Gasteiger partial charge in [-0.1, -0.05) is 29.8 Å². The summed E-state index contributed by atoms with van der Waals surface area (Å²) < 4.78 is 0. The highest BCUT2D eigenvalue weighted by Crippen LogP contribution is 2.30. The first-order valence-corrected chi connectivity index (χ1v) is 9.18. The van der Waals surface area contributed by atoms with Crippen LogP contribution >= 0.6 is 22.9 Å². The lowest BCUT2D eigenvalue weighted by Gasteiger charge is -2.12. The van der Waals surface area contributed by atoms with Crippen molar-refractivity contribution in [2.24, 2.45) is 0 Å². The van der Waals surface area contributed by atoms with Crippen LogP contribution in [0.2, 0.25) is 5.02 Å². The summed E-state index contributed by atoms with van der Waals surface area (Å²) >= 11 is 7.33. The quantitative estimate of drug-likeness (QED) is 0.616. The van der Waals surface area contributed by atoms with Crippen LogP contribution in [0, 0.1) is 6.92 Å². The molecule has 26 heavy (non-hydrogen) atoms. The van der Waals surface area contributed by atoms with Crippen LogP contribution in [0.25, 0.3) is 10.4 Å². The SMILES string of the molecule is CC(=O)Nc1cccc(NC(=O)c2ccc(-c3ccc(Cl)cc3)s2)c1C. The van der Waals surface area contributed by atoms with Crippen molar-refractivity contribution in [1.29, 1.82) is 0 Å². The van der Waals surface area contributed by atoms with Gasteiger partial charge in [-0.25, -0.2) is 0 Å². The van der Waals surface area contributed by atoms with Gasteiger partial charge in [0.1, 0.15) is 0 Å². The van der Waals surface area contributed by atoms with Crippen molar-refractivity contribution < 1.29 is 9.59 Å². The number of anilines is 2. The molecule has 2 amide bonds. The van der Waals surface area contributed by atoms with Crippen molar-refractivity contribution in [2.45, 2.75) is 13.8 Å². The number of benzene rings is 2. The van der Waals surface area contributed by atoms with Crippen molar-refractivity contribution in [1.82, 2.24) is 0 Å². The molecule has 0 aliphatic rings. The fourth-order valence-corrected chi connectivity index (χ4v) is 3.54. The second-order valence-electron chi connectivity index (χ2n) is 5.78. The van der Waals surface area contributed by atoms with Crippen molar-refractivity contribution >= 4 is 46.1 Å². The number of rotatable bonds is 4. The second-order valence-corrected chi connectivity index (χ2v) is 7.30. The lowest BCUT2D eigenvalue weighted by Crippen LogP contribution is -2.13. The number of carbonyl (C=O) groups excluding carboxylic acids is 2. The van der Waals surface area contributed by atoms with Crippen molar-refractivity contribution in [3.63, 3.8) is 0 Å². The Bertz CT molecular complexity index is 964. The Morgan fingerprint density at radius 1 is 0.923 bits per heavy atom. The number of hydrogen-bond acceptors (Lipinski definition) is 3. The van der Waals surface area contributed by atoms with Gasteiger partial charge in [-0.3, -0.25) is 9.59 Å². The van der Waals surface area contributed by atoms with Crippen molar-refractivity contribution in [3.8, 4) is 10.4 Å². The van der Waals surface area contributed by atoms with Gasteiger partial charge in [0.05, 0.1) is 4.88 Å². The molecule has 2 N–H and O–H groups in total. The Morgan fingerprint density at radius 2 is 1.58 bits per heavy atom. The molecule has 0 saturated carbocycles. The highest BCUT2D eigenvalue weighted by molar-refractivity contribution is 7.17. The molecule has 0 unspecified atom stereocenters. The zero-order valence-electron chi connectivity index (χ0n) is 14.3. The summed E-state index contributed by atoms with van der Waals surface area (Å²) in [4.78, 5) is 25.5. The van der Waals surface area contributed by atoms with E-state index in [1.165, 1.54) is 18.3 Å². The average Bonchev–Trinajstić information content (AvgIpc) is 3.09. The monoisotopic (exact) mass is 384 g/mol. The lowest BCUT2D eigenvalue weighted by molar-refractivity contribution is -0.114. The third-order valence-electron chi connectivity index (χ3n) is 3.85. The summed E-state index contributed by atoms with van der Waals surface area (Å²) in [6.07, 6.45) is 0. The minimum Gasteiger partial charge on any atom is -0.326 e. The first kappa shape index (κ1) is 18.2. The number of halogens is 1. The van der Waals surface area contributed by atoms with Crippen LogP contribution < -0.4 is 10.6 Å². The molecule has 0 saturated heterocycles. The Hall–Kier alpha value is -2.63. The molecule has 4 nitrogen and oxygen atoms in total. The van der Waals surface area contributed by atoms with E-state index in [9.17, 15) is 9.59 Å². The molecule has 132 valence electrons. The molecule has 0 aliphatic heterocycles. The normalized spacial score (nSPS) is 10.4. The Balaban J connectivity index is 1.79. The zero-order chi connectivity index (χ0) is 18.7. The highest BCUT2D eigenvalue weighted by atomic mass is 35.5. The van der Waals surface area contributed by atoms with Gasteiger partial charge < -0.3 is 10.6 Å². The fraction of sp³-hybridized carbons (Fsp3) is 0.100. The van der Waals surface area contributed by atoms with Crippen molar-refractivity contribution in [2.75, 3.05) is 10.6 Å². The topological polar surface area (TPSA) is 58.2 Å². The van der Waals surface area contributed by atoms with Gasteiger partial charge in [-0.15, -0.1) is 11.3 Å². The van der Waals surface area contributed by atoms with Gasteiger partial charge in [0.15, 0.2) is 0 Å². The largest absolute Gasteiger partial charge is 0.326 e. The van der Waals surface area contributed by atoms with Gasteiger partial charge in [0.2, 0.25) is 5.91 Å². The zero-order valence-corrected chi connectivity index (χ0v) is 15.9. The lowest BCUT2D eigenvalue weighted by atomic mass is 10.1. The molecule has 3 aromatic rings. The smallest absolute Gasteiger partial charge is 0.265 e. The van der Waals surface area contributed by atoms with E-state index >= 15 is 0 Å². The third kappa shape index (κ3) is 4.12. The molecule has 0 spiro atoms. The molecule has 6 heteroatoms. The van der Waals surface area contributed by atoms with Gasteiger partial charge in [0.25, 0.3) is 5.91 Å². The molecule has 0 fully saturated rings. The van der Waals surface area contributed by atoms with Crippen LogP contribution in [0.1, 0.15) is 22.2 Å². The summed E-state index contributed by atoms with van der Waals surface area (Å²) in [5, 5.41) is 6.35. The van der Waals surface area contributed by atoms with Gasteiger partial charge in [-0.05, 0) is 54.4 Å². The standard InChI is InChI=1S/C20H17ClN2O2S/c1-12-16(22-13(2)24)4-3-5-17(12)23-20(25)19-11-10-18(26-19)14-6-8-15(21)9-7-14/h3-11H,1-2H3,(H,22,24)(H,23,25). The second kappa shape index (κ2) is 7.72. The summed E-state index contributed by atoms with van der Waals surface area (Å²) in [6, 6.07) is 16.6. The molecule has 0 aliphatic carbocycles. The predicted octanol–water partition coefficient (Wildman–Crippen LogP) is 5.59. The Labute approximate surface area is 160 Å². The van der Waals surface area contributed by atoms with E-state index in [1.807, 2.05) is 43.3 Å². The van der Waals surface area contributed by atoms with E-state index in [0.29, 0.717) is 21.3 Å². The predicted molar refractivity (Wildman–Crippen MR) is 108 cm³/mol. The van der Waals surface area contributed by atoms with Crippen LogP contribution in [0.3, 0.4) is 0 Å². The van der Waals surface area contributed by atoms with Crippen LogP contribution in [0.4, 0.5) is 11.4 Å². The third-order valence-corrected chi connectivity index (χ3v) is 5.24. The van der Waals surface area contributed by atoms with E-state index in [2.05, 4.69) is 10.6 Å². The molecule has 3 rings (SSSR count). The minimum atomic E-state index is -0.182. The first-order valence-electron chi connectivity index (χ1n) is 7.98. The van der Waals surface area contributed by atoms with Crippen LogP contribution in [0.15, 0.2) is 54.6 Å². The molecule has 0 radical (unpaired) electrons. The van der Waals surface area contributed by atoms with E-state index in [4.69, 9.17) is 11.6 Å². The maximum Gasteiger partial charge on any atom is 0.265 e. The molecule has 0 bridgehead atoms. The number of nitrogens with one attached hydrogen (secondary N) is 2. The highest BCUT2D eigenvalue weighted by Gasteiger charge is 2.13. The van der Waals surface area contributed by atoms with E-state index < -0.39 is 0 Å². The summed E-state index contributed by atoms with van der Waals surface area (Å²) in [5.74, 6) is -0.333. The number of thiophene rings is 1. The molecular formula is C20H17ClN2O2S. The molecule has 1 heterocycles. The summed E-state index contributed by atoms with van der Waals surface area (Å²) in [6.45, 7) is 3.31. The average molecular weight is 385 g/mol. The van der Waals surface area contributed by atoms with Crippen LogP contribution in [-0.4, -0.2) is 11.8 Å². The summed E-state index contributed by atoms with van der Waals surface area (Å²) in [5.41, 5.74) is 3.18. The van der Waals surface area contributed by atoms with Crippen LogP contribution in [0.5, 0.6) is 0 Å². The number of amides is 2. The fourth-order valence-electron chi connectivity index (χ4n) is 2.51. The van der Waals surface area contributed by atoms with Crippen molar-refractivity contribution in [3.05, 3.63) is 70.1 Å². The molecule has 2 aromatic carbocycles. The van der Waals surface area contributed by atoms with Crippen LogP contribution in [-0.2, 0) is 4.79 Å². The Morgan fingerprint density at radius 3 is 2.23 bits per heavy atom. The maximum absolute atomic E-state index is 12.6. The van der Waals surface area contributed by atoms with E-state index in [0.717, 1.165) is 16.0 Å². The molecule has 0 atom stereocenters. The first-order chi connectivity index (χ1) is 12.4. The van der Waals surface area contributed by atoms with Gasteiger partial charge in [-0.2, -0.15) is 0 Å². The van der Waals surface area contributed by atoms with E-state index in [-0.39, 0.29) is 11.8 Å². The van der Waals surface area contributed by atoms with E-state index in [1.54, 1.807) is 18.2 Å². The molecule has 1 aromatic heterocycles. The Kier molecular flexibility index (Phi) is 5.40. The summed E-state index contributed by atoms with van der Waals surface area (Å²) in [7, 11) is 0. The van der Waals surface area contributed by atoms with Gasteiger partial charge in [0, 0.05) is 28.2 Å². The minimum absolute atomic E-state index is 0.151. The van der Waals surface area contributed by atoms with Gasteiger partial charge >= 0.3 is 0 Å². The number of carbonyl (C=O) groups is 2.